The molecule has 0 aromatic carbocycles. The van der Waals surface area contributed by atoms with Crippen molar-refractivity contribution in [2.45, 2.75) is 25.9 Å². The van der Waals surface area contributed by atoms with Crippen LogP contribution in [-0.4, -0.2) is 60.9 Å². The number of aromatic nitrogens is 1. The number of piperidine rings is 1. The second-order valence-electron chi connectivity index (χ2n) is 7.18. The predicted octanol–water partition coefficient (Wildman–Crippen LogP) is 2.08. The molecule has 2 saturated heterocycles. The number of hydrogen-bond donors (Lipinski definition) is 0. The first kappa shape index (κ1) is 20.7. The molecule has 0 radical (unpaired) electrons. The average Bonchev–Trinajstić information content (AvgIpc) is 2.67. The van der Waals surface area contributed by atoms with Crippen molar-refractivity contribution in [3.05, 3.63) is 22.8 Å². The SMILES string of the molecule is CC(=O)N1CCC(C(=O)N2CCN(c3[nH+]cc(C(F)(F)F)cc3Cl)CC2)CC1. The van der Waals surface area contributed by atoms with Crippen LogP contribution in [0.3, 0.4) is 0 Å². The van der Waals surface area contributed by atoms with Crippen LogP contribution in [0.25, 0.3) is 0 Å². The number of nitrogens with zero attached hydrogens (tertiary/aromatic N) is 3. The molecule has 2 aliphatic rings. The van der Waals surface area contributed by atoms with Crippen LogP contribution in [0.2, 0.25) is 5.02 Å². The van der Waals surface area contributed by atoms with E-state index in [1.165, 1.54) is 6.92 Å². The molecule has 0 bridgehead atoms. The van der Waals surface area contributed by atoms with Crippen LogP contribution in [0.4, 0.5) is 19.0 Å². The van der Waals surface area contributed by atoms with E-state index in [9.17, 15) is 22.8 Å². The molecule has 3 rings (SSSR count). The highest BCUT2D eigenvalue weighted by Gasteiger charge is 2.36. The van der Waals surface area contributed by atoms with Crippen LogP contribution < -0.4 is 9.88 Å². The Morgan fingerprint density at radius 2 is 1.68 bits per heavy atom. The van der Waals surface area contributed by atoms with Crippen molar-refractivity contribution in [3.8, 4) is 0 Å². The standard InChI is InChI=1S/C18H22ClF3N4O2/c1-12(27)24-4-2-13(3-5-24)17(28)26-8-6-25(7-9-26)16-15(19)10-14(11-23-16)18(20,21)22/h10-11,13H,2-9H2,1H3/p+1. The number of carbonyl (C=O) groups is 2. The third kappa shape index (κ3) is 4.51. The maximum absolute atomic E-state index is 12.8. The Morgan fingerprint density at radius 3 is 2.18 bits per heavy atom. The molecule has 0 saturated carbocycles. The number of halogens is 4. The summed E-state index contributed by atoms with van der Waals surface area (Å²) in [7, 11) is 0. The Hall–Kier alpha value is -2.03. The van der Waals surface area contributed by atoms with Crippen molar-refractivity contribution in [2.24, 2.45) is 5.92 Å². The first-order valence-electron chi connectivity index (χ1n) is 9.24. The number of amides is 2. The van der Waals surface area contributed by atoms with Crippen LogP contribution in [0.1, 0.15) is 25.3 Å². The molecule has 0 aliphatic carbocycles. The number of anilines is 1. The van der Waals surface area contributed by atoms with Gasteiger partial charge in [-0.05, 0) is 18.9 Å². The molecule has 28 heavy (non-hydrogen) atoms. The van der Waals surface area contributed by atoms with Crippen LogP contribution in [-0.2, 0) is 15.8 Å². The molecule has 0 unspecified atom stereocenters. The summed E-state index contributed by atoms with van der Waals surface area (Å²) in [4.78, 5) is 32.2. The van der Waals surface area contributed by atoms with Crippen molar-refractivity contribution in [2.75, 3.05) is 44.2 Å². The Labute approximate surface area is 166 Å². The van der Waals surface area contributed by atoms with Crippen molar-refractivity contribution in [3.63, 3.8) is 0 Å². The fourth-order valence-electron chi connectivity index (χ4n) is 3.72. The van der Waals surface area contributed by atoms with Gasteiger partial charge in [-0.3, -0.25) is 14.5 Å². The summed E-state index contributed by atoms with van der Waals surface area (Å²) in [6.45, 7) is 4.67. The van der Waals surface area contributed by atoms with E-state index >= 15 is 0 Å². The quantitative estimate of drug-likeness (QED) is 0.737. The number of rotatable bonds is 2. The minimum atomic E-state index is -4.46. The van der Waals surface area contributed by atoms with E-state index in [4.69, 9.17) is 11.6 Å². The van der Waals surface area contributed by atoms with Gasteiger partial charge in [0.25, 0.3) is 5.82 Å². The van der Waals surface area contributed by atoms with Crippen LogP contribution in [0, 0.1) is 5.92 Å². The fraction of sp³-hybridized carbons (Fsp3) is 0.611. The van der Waals surface area contributed by atoms with Gasteiger partial charge < -0.3 is 9.80 Å². The molecule has 10 heteroatoms. The summed E-state index contributed by atoms with van der Waals surface area (Å²) in [5, 5.41) is 0.00575. The lowest BCUT2D eigenvalue weighted by molar-refractivity contribution is -0.367. The van der Waals surface area contributed by atoms with Gasteiger partial charge >= 0.3 is 6.18 Å². The molecule has 154 valence electrons. The molecule has 1 N–H and O–H groups in total. The highest BCUT2D eigenvalue weighted by atomic mass is 35.5. The number of nitrogens with one attached hydrogen (secondary N) is 1. The summed E-state index contributed by atoms with van der Waals surface area (Å²) in [6.07, 6.45) is -2.22. The molecule has 0 atom stereocenters. The van der Waals surface area contributed by atoms with E-state index < -0.39 is 11.7 Å². The van der Waals surface area contributed by atoms with E-state index in [1.54, 1.807) is 9.80 Å². The molecule has 2 amide bonds. The van der Waals surface area contributed by atoms with E-state index in [-0.39, 0.29) is 22.8 Å². The number of likely N-dealkylation sites (tertiary alicyclic amines) is 1. The number of pyridine rings is 1. The minimum Gasteiger partial charge on any atom is -0.343 e. The monoisotopic (exact) mass is 419 g/mol. The summed E-state index contributed by atoms with van der Waals surface area (Å²) < 4.78 is 38.3. The van der Waals surface area contributed by atoms with E-state index in [0.717, 1.165) is 12.3 Å². The number of aromatic amines is 1. The lowest BCUT2D eigenvalue weighted by Gasteiger charge is -2.36. The first-order chi connectivity index (χ1) is 13.2. The van der Waals surface area contributed by atoms with Gasteiger partial charge in [-0.1, -0.05) is 11.6 Å². The molecule has 2 aliphatic heterocycles. The number of alkyl halides is 3. The van der Waals surface area contributed by atoms with E-state index in [2.05, 4.69) is 4.98 Å². The second-order valence-corrected chi connectivity index (χ2v) is 7.58. The highest BCUT2D eigenvalue weighted by Crippen LogP contribution is 2.32. The third-order valence-corrected chi connectivity index (χ3v) is 5.69. The second kappa shape index (κ2) is 8.14. The predicted molar refractivity (Wildman–Crippen MR) is 96.8 cm³/mol. The van der Waals surface area contributed by atoms with Crippen molar-refractivity contribution >= 4 is 29.2 Å². The van der Waals surface area contributed by atoms with Gasteiger partial charge in [-0.25, -0.2) is 4.98 Å². The number of H-pyrrole nitrogens is 1. The molecule has 1 aromatic rings. The van der Waals surface area contributed by atoms with Gasteiger partial charge in [-0.2, -0.15) is 13.2 Å². The molecule has 3 heterocycles. The third-order valence-electron chi connectivity index (χ3n) is 5.40. The maximum atomic E-state index is 12.8. The summed E-state index contributed by atoms with van der Waals surface area (Å²) >= 11 is 6.04. The minimum absolute atomic E-state index is 0.00575. The molecule has 0 spiro atoms. The topological polar surface area (TPSA) is 58.0 Å². The van der Waals surface area contributed by atoms with Gasteiger partial charge in [0.05, 0.1) is 18.7 Å². The Morgan fingerprint density at radius 1 is 1.07 bits per heavy atom. The smallest absolute Gasteiger partial charge is 0.343 e. The summed E-state index contributed by atoms with van der Waals surface area (Å²) in [5.41, 5.74) is -0.827. The molecular formula is C18H23ClF3N4O2+. The lowest BCUT2D eigenvalue weighted by atomic mass is 9.95. The number of hydrogen-bond acceptors (Lipinski definition) is 3. The fourth-order valence-corrected chi connectivity index (χ4v) is 4.01. The zero-order valence-corrected chi connectivity index (χ0v) is 16.3. The van der Waals surface area contributed by atoms with Crippen LogP contribution in [0.5, 0.6) is 0 Å². The largest absolute Gasteiger partial charge is 0.419 e. The zero-order chi connectivity index (χ0) is 20.5. The van der Waals surface area contributed by atoms with Crippen molar-refractivity contribution in [1.82, 2.24) is 9.80 Å². The Balaban J connectivity index is 1.56. The normalized spacial score (nSPS) is 19.1. The van der Waals surface area contributed by atoms with Gasteiger partial charge in [0.2, 0.25) is 11.8 Å². The highest BCUT2D eigenvalue weighted by molar-refractivity contribution is 6.32. The van der Waals surface area contributed by atoms with Gasteiger partial charge in [0.15, 0.2) is 0 Å². The van der Waals surface area contributed by atoms with Gasteiger partial charge in [0.1, 0.15) is 24.3 Å². The summed E-state index contributed by atoms with van der Waals surface area (Å²) in [5.74, 6) is 0.467. The number of piperazine rings is 1. The van der Waals surface area contributed by atoms with Crippen molar-refractivity contribution in [1.29, 1.82) is 0 Å². The zero-order valence-electron chi connectivity index (χ0n) is 15.6. The van der Waals surface area contributed by atoms with Crippen molar-refractivity contribution < 1.29 is 27.7 Å². The first-order valence-corrected chi connectivity index (χ1v) is 9.62. The molecule has 2 fully saturated rings. The van der Waals surface area contributed by atoms with Gasteiger partial charge in [-0.15, -0.1) is 0 Å². The van der Waals surface area contributed by atoms with Gasteiger partial charge in [0, 0.05) is 25.9 Å². The van der Waals surface area contributed by atoms with E-state index in [0.29, 0.717) is 57.9 Å². The number of carbonyl (C=O) groups excluding carboxylic acids is 2. The van der Waals surface area contributed by atoms with E-state index in [1.807, 2.05) is 4.90 Å². The average molecular weight is 420 g/mol. The Kier molecular flexibility index (Phi) is 6.02. The van der Waals surface area contributed by atoms with Crippen LogP contribution in [0.15, 0.2) is 12.3 Å². The molecular weight excluding hydrogens is 397 g/mol. The Bertz CT molecular complexity index is 743. The summed E-state index contributed by atoms with van der Waals surface area (Å²) in [6, 6.07) is 0.910. The molecule has 6 nitrogen and oxygen atoms in total. The lowest BCUT2D eigenvalue weighted by Crippen LogP contribution is -2.52. The maximum Gasteiger partial charge on any atom is 0.419 e. The van der Waals surface area contributed by atoms with Crippen LogP contribution >= 0.6 is 11.6 Å². The molecule has 1 aromatic heterocycles.